The highest BCUT2D eigenvalue weighted by Crippen LogP contribution is 2.19. The van der Waals surface area contributed by atoms with E-state index in [0.717, 1.165) is 16.9 Å². The Morgan fingerprint density at radius 3 is 2.88 bits per heavy atom. The second-order valence-electron chi connectivity index (χ2n) is 3.67. The molecule has 0 aromatic carbocycles. The predicted molar refractivity (Wildman–Crippen MR) is 61.2 cm³/mol. The maximum Gasteiger partial charge on any atom is 0.404 e. The van der Waals surface area contributed by atoms with E-state index in [1.165, 1.54) is 0 Å². The third kappa shape index (κ3) is 1.88. The van der Waals surface area contributed by atoms with Crippen molar-refractivity contribution in [2.45, 2.75) is 13.5 Å². The molecule has 2 aromatic heterocycles. The Balaban J connectivity index is 2.32. The highest BCUT2D eigenvalue weighted by atomic mass is 16.5. The molecule has 0 radical (unpaired) electrons. The molecule has 0 atom stereocenters. The summed E-state index contributed by atoms with van der Waals surface area (Å²) >= 11 is 0. The SMILES string of the molecule is Cc1nn(C)c2c1nc(N)n2CCOC(N)=O. The van der Waals surface area contributed by atoms with Crippen LogP contribution in [0.5, 0.6) is 0 Å². The van der Waals surface area contributed by atoms with Crippen LogP contribution in [-0.4, -0.2) is 32.0 Å². The molecule has 2 aromatic rings. The molecule has 2 heterocycles. The van der Waals surface area contributed by atoms with E-state index in [1.54, 1.807) is 9.25 Å². The van der Waals surface area contributed by atoms with Crippen LogP contribution in [0.25, 0.3) is 11.2 Å². The van der Waals surface area contributed by atoms with Crippen LogP contribution in [0.4, 0.5) is 10.7 Å². The molecule has 92 valence electrons. The molecule has 0 bridgehead atoms. The molecule has 0 aliphatic rings. The molecule has 0 aliphatic heterocycles. The number of primary amides is 1. The van der Waals surface area contributed by atoms with Gasteiger partial charge in [0.05, 0.1) is 12.2 Å². The fourth-order valence-electron chi connectivity index (χ4n) is 1.81. The number of ether oxygens (including phenoxy) is 1. The molecule has 0 saturated carbocycles. The summed E-state index contributed by atoms with van der Waals surface area (Å²) in [4.78, 5) is 14.7. The summed E-state index contributed by atoms with van der Waals surface area (Å²) in [6.45, 7) is 2.40. The standard InChI is InChI=1S/C9H14N6O2/c1-5-6-7(14(2)13-5)15(8(10)12-6)3-4-17-9(11)16/h3-4H2,1-2H3,(H2,10,12)(H2,11,16). The summed E-state index contributed by atoms with van der Waals surface area (Å²) < 4.78 is 8.10. The van der Waals surface area contributed by atoms with Gasteiger partial charge in [-0.15, -0.1) is 0 Å². The number of carbonyl (C=O) groups excluding carboxylic acids is 1. The molecular weight excluding hydrogens is 224 g/mol. The monoisotopic (exact) mass is 238 g/mol. The van der Waals surface area contributed by atoms with E-state index in [9.17, 15) is 4.79 Å². The number of fused-ring (bicyclic) bond motifs is 1. The lowest BCUT2D eigenvalue weighted by molar-refractivity contribution is 0.153. The van der Waals surface area contributed by atoms with Crippen LogP contribution in [0.3, 0.4) is 0 Å². The Bertz CT molecular complexity index is 570. The lowest BCUT2D eigenvalue weighted by Crippen LogP contribution is -2.18. The first-order valence-electron chi connectivity index (χ1n) is 5.08. The maximum absolute atomic E-state index is 10.5. The topological polar surface area (TPSA) is 114 Å². The van der Waals surface area contributed by atoms with Gasteiger partial charge in [0.15, 0.2) is 5.65 Å². The third-order valence-corrected chi connectivity index (χ3v) is 2.48. The zero-order valence-corrected chi connectivity index (χ0v) is 9.67. The minimum atomic E-state index is -0.805. The Morgan fingerprint density at radius 2 is 2.24 bits per heavy atom. The second-order valence-corrected chi connectivity index (χ2v) is 3.67. The van der Waals surface area contributed by atoms with Gasteiger partial charge in [-0.25, -0.2) is 9.78 Å². The van der Waals surface area contributed by atoms with Crippen LogP contribution in [0.1, 0.15) is 5.69 Å². The molecule has 8 nitrogen and oxygen atoms in total. The molecule has 0 spiro atoms. The molecule has 0 saturated heterocycles. The number of nitrogens with two attached hydrogens (primary N) is 2. The number of nitrogen functional groups attached to an aromatic ring is 1. The lowest BCUT2D eigenvalue weighted by Gasteiger charge is -2.06. The number of aryl methyl sites for hydroxylation is 2. The smallest absolute Gasteiger partial charge is 0.404 e. The molecule has 0 unspecified atom stereocenters. The first-order chi connectivity index (χ1) is 8.00. The quantitative estimate of drug-likeness (QED) is 0.765. The summed E-state index contributed by atoms with van der Waals surface area (Å²) in [6, 6.07) is 0. The van der Waals surface area contributed by atoms with E-state index in [0.29, 0.717) is 12.5 Å². The van der Waals surface area contributed by atoms with Crippen LogP contribution in [0.15, 0.2) is 0 Å². The van der Waals surface area contributed by atoms with E-state index in [-0.39, 0.29) is 6.61 Å². The first kappa shape index (κ1) is 11.2. The summed E-state index contributed by atoms with van der Waals surface area (Å²) in [6.07, 6.45) is -0.805. The van der Waals surface area contributed by atoms with Gasteiger partial charge in [0.2, 0.25) is 5.95 Å². The largest absolute Gasteiger partial charge is 0.448 e. The van der Waals surface area contributed by atoms with Crippen LogP contribution in [0.2, 0.25) is 0 Å². The summed E-state index contributed by atoms with van der Waals surface area (Å²) in [5.41, 5.74) is 13.0. The van der Waals surface area contributed by atoms with Gasteiger partial charge in [-0.05, 0) is 6.92 Å². The minimum Gasteiger partial charge on any atom is -0.448 e. The van der Waals surface area contributed by atoms with Gasteiger partial charge < -0.3 is 16.2 Å². The fourth-order valence-corrected chi connectivity index (χ4v) is 1.81. The molecular formula is C9H14N6O2. The maximum atomic E-state index is 10.5. The summed E-state index contributed by atoms with van der Waals surface area (Å²) in [5.74, 6) is 0.365. The van der Waals surface area contributed by atoms with Crippen molar-refractivity contribution in [1.29, 1.82) is 0 Å². The van der Waals surface area contributed by atoms with Crippen molar-refractivity contribution in [3.63, 3.8) is 0 Å². The second kappa shape index (κ2) is 3.96. The first-order valence-corrected chi connectivity index (χ1v) is 5.08. The lowest BCUT2D eigenvalue weighted by atomic mass is 10.4. The molecule has 1 amide bonds. The van der Waals surface area contributed by atoms with E-state index >= 15 is 0 Å². The minimum absolute atomic E-state index is 0.148. The zero-order valence-electron chi connectivity index (χ0n) is 9.67. The number of amides is 1. The summed E-state index contributed by atoms with van der Waals surface area (Å²) in [5, 5.41) is 4.24. The summed E-state index contributed by atoms with van der Waals surface area (Å²) in [7, 11) is 1.81. The molecule has 8 heteroatoms. The number of hydrogen-bond acceptors (Lipinski definition) is 5. The van der Waals surface area contributed by atoms with Gasteiger partial charge in [0.25, 0.3) is 0 Å². The van der Waals surface area contributed by atoms with Gasteiger partial charge in [0.1, 0.15) is 12.1 Å². The highest BCUT2D eigenvalue weighted by molar-refractivity contribution is 5.77. The number of hydrogen-bond donors (Lipinski definition) is 2. The van der Waals surface area contributed by atoms with Crippen molar-refractivity contribution in [2.24, 2.45) is 12.8 Å². The number of nitrogens with zero attached hydrogens (tertiary/aromatic N) is 4. The van der Waals surface area contributed by atoms with Crippen LogP contribution < -0.4 is 11.5 Å². The Hall–Kier alpha value is -2.25. The van der Waals surface area contributed by atoms with Gasteiger partial charge >= 0.3 is 6.09 Å². The zero-order chi connectivity index (χ0) is 12.6. The fraction of sp³-hybridized carbons (Fsp3) is 0.444. The average molecular weight is 238 g/mol. The molecule has 2 rings (SSSR count). The predicted octanol–water partition coefficient (Wildman–Crippen LogP) is -0.244. The number of carbonyl (C=O) groups is 1. The van der Waals surface area contributed by atoms with Crippen molar-refractivity contribution < 1.29 is 9.53 Å². The van der Waals surface area contributed by atoms with Crippen LogP contribution in [0, 0.1) is 6.92 Å². The highest BCUT2D eigenvalue weighted by Gasteiger charge is 2.15. The van der Waals surface area contributed by atoms with E-state index in [1.807, 2.05) is 14.0 Å². The Morgan fingerprint density at radius 1 is 1.53 bits per heavy atom. The number of imidazole rings is 1. The van der Waals surface area contributed by atoms with E-state index < -0.39 is 6.09 Å². The van der Waals surface area contributed by atoms with Gasteiger partial charge in [0, 0.05) is 7.05 Å². The van der Waals surface area contributed by atoms with Crippen molar-refractivity contribution in [3.05, 3.63) is 5.69 Å². The number of aromatic nitrogens is 4. The molecule has 4 N–H and O–H groups in total. The third-order valence-electron chi connectivity index (χ3n) is 2.48. The van der Waals surface area contributed by atoms with Crippen molar-refractivity contribution in [2.75, 3.05) is 12.3 Å². The van der Waals surface area contributed by atoms with Crippen LogP contribution >= 0.6 is 0 Å². The van der Waals surface area contributed by atoms with Crippen molar-refractivity contribution in [1.82, 2.24) is 19.3 Å². The van der Waals surface area contributed by atoms with E-state index in [4.69, 9.17) is 11.5 Å². The van der Waals surface area contributed by atoms with Crippen molar-refractivity contribution in [3.8, 4) is 0 Å². The van der Waals surface area contributed by atoms with Gasteiger partial charge in [-0.1, -0.05) is 0 Å². The molecule has 0 aliphatic carbocycles. The average Bonchev–Trinajstić information content (AvgIpc) is 2.68. The Kier molecular flexibility index (Phi) is 2.62. The number of rotatable bonds is 3. The number of anilines is 1. The molecule has 17 heavy (non-hydrogen) atoms. The van der Waals surface area contributed by atoms with Crippen LogP contribution in [-0.2, 0) is 18.3 Å². The van der Waals surface area contributed by atoms with Crippen molar-refractivity contribution >= 4 is 23.2 Å². The van der Waals surface area contributed by atoms with Gasteiger partial charge in [-0.2, -0.15) is 5.10 Å². The Labute approximate surface area is 97.1 Å². The molecule has 0 fully saturated rings. The van der Waals surface area contributed by atoms with E-state index in [2.05, 4.69) is 14.8 Å². The normalized spacial score (nSPS) is 10.9. The van der Waals surface area contributed by atoms with Gasteiger partial charge in [-0.3, -0.25) is 9.25 Å².